The zero-order valence-corrected chi connectivity index (χ0v) is 11.0. The molecule has 0 aliphatic rings. The Balaban J connectivity index is 2.20. The molecule has 2 aromatic rings. The number of aromatic hydroxyl groups is 1. The highest BCUT2D eigenvalue weighted by Gasteiger charge is 2.35. The molecule has 0 aliphatic carbocycles. The van der Waals surface area contributed by atoms with Crippen molar-refractivity contribution in [2.45, 2.75) is 13.1 Å². The number of amides is 1. The van der Waals surface area contributed by atoms with E-state index in [-0.39, 0.29) is 22.0 Å². The molecule has 1 aromatic carbocycles. The van der Waals surface area contributed by atoms with Crippen molar-refractivity contribution in [3.05, 3.63) is 39.7 Å². The summed E-state index contributed by atoms with van der Waals surface area (Å²) in [6, 6.07) is 5.34. The van der Waals surface area contributed by atoms with Gasteiger partial charge in [-0.3, -0.25) is 4.79 Å². The number of nitrogens with zero attached hydrogens (tertiary/aromatic N) is 1. The molecule has 0 fully saturated rings. The van der Waals surface area contributed by atoms with Crippen LogP contribution in [-0.4, -0.2) is 16.0 Å². The van der Waals surface area contributed by atoms with E-state index in [1.807, 2.05) is 0 Å². The van der Waals surface area contributed by atoms with Gasteiger partial charge in [-0.15, -0.1) is 11.3 Å². The maximum Gasteiger partial charge on any atom is 0.443 e. The first-order valence-electron chi connectivity index (χ1n) is 5.42. The van der Waals surface area contributed by atoms with Crippen LogP contribution in [0.25, 0.3) is 0 Å². The molecule has 2 rings (SSSR count). The Hall–Kier alpha value is -2.09. The van der Waals surface area contributed by atoms with Gasteiger partial charge in [0.25, 0.3) is 5.91 Å². The van der Waals surface area contributed by atoms with Gasteiger partial charge in [0, 0.05) is 10.4 Å². The molecule has 0 spiro atoms. The first kappa shape index (κ1) is 14.3. The van der Waals surface area contributed by atoms with Crippen LogP contribution in [0.4, 0.5) is 19.0 Å². The average molecular weight is 302 g/mol. The molecule has 1 amide bonds. The van der Waals surface area contributed by atoms with Gasteiger partial charge in [-0.25, -0.2) is 4.98 Å². The third-order valence-corrected chi connectivity index (χ3v) is 3.42. The fraction of sp³-hybridized carbons (Fsp3) is 0.167. The SMILES string of the molecule is Cc1sc(C(F)(F)F)nc1NC(=O)c1ccc(O)cc1. The Bertz CT molecular complexity index is 635. The van der Waals surface area contributed by atoms with Crippen molar-refractivity contribution >= 4 is 23.1 Å². The van der Waals surface area contributed by atoms with Crippen molar-refractivity contribution in [3.8, 4) is 5.75 Å². The minimum atomic E-state index is -4.53. The van der Waals surface area contributed by atoms with Crippen LogP contribution < -0.4 is 5.32 Å². The van der Waals surface area contributed by atoms with Gasteiger partial charge >= 0.3 is 6.18 Å². The largest absolute Gasteiger partial charge is 0.508 e. The van der Waals surface area contributed by atoms with Gasteiger partial charge < -0.3 is 10.4 Å². The monoisotopic (exact) mass is 302 g/mol. The van der Waals surface area contributed by atoms with Gasteiger partial charge in [-0.1, -0.05) is 0 Å². The van der Waals surface area contributed by atoms with Crippen LogP contribution >= 0.6 is 11.3 Å². The van der Waals surface area contributed by atoms with E-state index < -0.39 is 17.1 Å². The molecule has 1 heterocycles. The lowest BCUT2D eigenvalue weighted by Gasteiger charge is -2.03. The predicted molar refractivity (Wildman–Crippen MR) is 67.9 cm³/mol. The molecule has 0 saturated heterocycles. The van der Waals surface area contributed by atoms with Crippen molar-refractivity contribution in [3.63, 3.8) is 0 Å². The average Bonchev–Trinajstić information content (AvgIpc) is 2.71. The molecule has 0 radical (unpaired) electrons. The fourth-order valence-corrected chi connectivity index (χ4v) is 2.16. The van der Waals surface area contributed by atoms with E-state index in [0.717, 1.165) is 0 Å². The number of nitrogens with one attached hydrogen (secondary N) is 1. The van der Waals surface area contributed by atoms with Crippen LogP contribution in [0.1, 0.15) is 20.2 Å². The number of alkyl halides is 3. The first-order chi connectivity index (χ1) is 9.27. The lowest BCUT2D eigenvalue weighted by molar-refractivity contribution is -0.137. The van der Waals surface area contributed by atoms with Gasteiger partial charge in [0.05, 0.1) is 0 Å². The quantitative estimate of drug-likeness (QED) is 0.893. The molecule has 2 N–H and O–H groups in total. The topological polar surface area (TPSA) is 62.2 Å². The van der Waals surface area contributed by atoms with Crippen LogP contribution in [0.2, 0.25) is 0 Å². The second-order valence-corrected chi connectivity index (χ2v) is 5.13. The van der Waals surface area contributed by atoms with Gasteiger partial charge in [0.2, 0.25) is 0 Å². The molecule has 0 unspecified atom stereocenters. The number of hydrogen-bond donors (Lipinski definition) is 2. The highest BCUT2D eigenvalue weighted by Crippen LogP contribution is 2.35. The smallest absolute Gasteiger partial charge is 0.443 e. The summed E-state index contributed by atoms with van der Waals surface area (Å²) in [6.45, 7) is 1.44. The molecule has 8 heteroatoms. The van der Waals surface area contributed by atoms with Gasteiger partial charge in [0.15, 0.2) is 5.01 Å². The number of anilines is 1. The van der Waals surface area contributed by atoms with Gasteiger partial charge in [-0.2, -0.15) is 13.2 Å². The molecule has 106 valence electrons. The van der Waals surface area contributed by atoms with Crippen molar-refractivity contribution in [2.75, 3.05) is 5.32 Å². The van der Waals surface area contributed by atoms with Crippen LogP contribution in [0, 0.1) is 6.92 Å². The summed E-state index contributed by atoms with van der Waals surface area (Å²) in [5, 5.41) is 10.4. The normalized spacial score (nSPS) is 11.4. The molecule has 1 aromatic heterocycles. The number of aryl methyl sites for hydroxylation is 1. The Kier molecular flexibility index (Phi) is 3.67. The molecule has 0 saturated carbocycles. The fourth-order valence-electron chi connectivity index (χ4n) is 1.43. The molecule has 20 heavy (non-hydrogen) atoms. The first-order valence-corrected chi connectivity index (χ1v) is 6.24. The lowest BCUT2D eigenvalue weighted by atomic mass is 10.2. The molecule has 0 bridgehead atoms. The van der Waals surface area contributed by atoms with E-state index in [0.29, 0.717) is 11.3 Å². The van der Waals surface area contributed by atoms with Crippen LogP contribution in [0.3, 0.4) is 0 Å². The van der Waals surface area contributed by atoms with Gasteiger partial charge in [-0.05, 0) is 31.2 Å². The maximum absolute atomic E-state index is 12.5. The summed E-state index contributed by atoms with van der Waals surface area (Å²) in [5.41, 5.74) is 0.212. The number of rotatable bonds is 2. The number of phenols is 1. The number of benzene rings is 1. The Morgan fingerprint density at radius 2 is 1.90 bits per heavy atom. The molecule has 0 atom stereocenters. The third-order valence-electron chi connectivity index (χ3n) is 2.40. The summed E-state index contributed by atoms with van der Waals surface area (Å²) in [4.78, 5) is 15.5. The van der Waals surface area contributed by atoms with Crippen molar-refractivity contribution in [1.82, 2.24) is 4.98 Å². The highest BCUT2D eigenvalue weighted by atomic mass is 32.1. The van der Waals surface area contributed by atoms with Crippen LogP contribution in [-0.2, 0) is 6.18 Å². The van der Waals surface area contributed by atoms with Gasteiger partial charge in [0.1, 0.15) is 11.6 Å². The standard InChI is InChI=1S/C12H9F3N2O2S/c1-6-9(17-11(20-6)12(13,14)15)16-10(19)7-2-4-8(18)5-3-7/h2-5,18H,1H3,(H,16,19). The lowest BCUT2D eigenvalue weighted by Crippen LogP contribution is -2.13. The summed E-state index contributed by atoms with van der Waals surface area (Å²) < 4.78 is 37.5. The second kappa shape index (κ2) is 5.12. The number of thiazole rings is 1. The van der Waals surface area contributed by atoms with Crippen molar-refractivity contribution in [1.29, 1.82) is 0 Å². The molecule has 0 aliphatic heterocycles. The Morgan fingerprint density at radius 1 is 1.30 bits per heavy atom. The Labute approximate surface area is 115 Å². The van der Waals surface area contributed by atoms with Crippen molar-refractivity contribution in [2.24, 2.45) is 0 Å². The minimum absolute atomic E-state index is 0.00857. The van der Waals surface area contributed by atoms with E-state index in [1.165, 1.54) is 31.2 Å². The number of carbonyl (C=O) groups excluding carboxylic acids is 1. The summed E-state index contributed by atoms with van der Waals surface area (Å²) in [5.74, 6) is -0.710. The number of halogens is 3. The number of carbonyl (C=O) groups is 1. The minimum Gasteiger partial charge on any atom is -0.508 e. The predicted octanol–water partition coefficient (Wildman–Crippen LogP) is 3.43. The summed E-state index contributed by atoms with van der Waals surface area (Å²) in [6.07, 6.45) is -4.53. The van der Waals surface area contributed by atoms with E-state index >= 15 is 0 Å². The highest BCUT2D eigenvalue weighted by molar-refractivity contribution is 7.12. The zero-order chi connectivity index (χ0) is 14.9. The summed E-state index contributed by atoms with van der Waals surface area (Å²) in [7, 11) is 0. The molecular weight excluding hydrogens is 293 g/mol. The second-order valence-electron chi connectivity index (χ2n) is 3.92. The van der Waals surface area contributed by atoms with Crippen LogP contribution in [0.15, 0.2) is 24.3 Å². The van der Waals surface area contributed by atoms with E-state index in [9.17, 15) is 18.0 Å². The Morgan fingerprint density at radius 3 is 2.40 bits per heavy atom. The zero-order valence-electron chi connectivity index (χ0n) is 10.2. The van der Waals surface area contributed by atoms with Crippen LogP contribution in [0.5, 0.6) is 5.75 Å². The summed E-state index contributed by atoms with van der Waals surface area (Å²) >= 11 is 0.470. The number of hydrogen-bond acceptors (Lipinski definition) is 4. The molecule has 4 nitrogen and oxygen atoms in total. The van der Waals surface area contributed by atoms with Crippen molar-refractivity contribution < 1.29 is 23.1 Å². The number of aromatic nitrogens is 1. The number of phenolic OH excluding ortho intramolecular Hbond substituents is 1. The third kappa shape index (κ3) is 3.08. The molecular formula is C12H9F3N2O2S. The van der Waals surface area contributed by atoms with E-state index in [1.54, 1.807) is 0 Å². The van der Waals surface area contributed by atoms with E-state index in [2.05, 4.69) is 10.3 Å². The van der Waals surface area contributed by atoms with E-state index in [4.69, 9.17) is 5.11 Å². The maximum atomic E-state index is 12.5.